The normalized spacial score (nSPS) is 11.8. The molecule has 11 heteroatoms. The Kier molecular flexibility index (Phi) is 5.39. The van der Waals surface area contributed by atoms with Gasteiger partial charge in [0, 0.05) is 23.5 Å². The van der Waals surface area contributed by atoms with E-state index in [-0.39, 0.29) is 29.6 Å². The molecule has 0 saturated carbocycles. The van der Waals surface area contributed by atoms with Gasteiger partial charge in [0.25, 0.3) is 5.56 Å². The van der Waals surface area contributed by atoms with E-state index in [1.807, 2.05) is 32.0 Å². The van der Waals surface area contributed by atoms with Crippen LogP contribution in [0.3, 0.4) is 0 Å². The molecule has 0 N–H and O–H groups in total. The van der Waals surface area contributed by atoms with Crippen LogP contribution < -0.4 is 10.3 Å². The highest BCUT2D eigenvalue weighted by Crippen LogP contribution is 2.25. The van der Waals surface area contributed by atoms with E-state index in [4.69, 9.17) is 4.52 Å². The molecule has 3 heterocycles. The molecule has 0 spiro atoms. The molecule has 35 heavy (non-hydrogen) atoms. The standard InChI is InChI=1S/C24H18F3N5O3/c1-14-3-4-17(11-15(14)2)19-12-20-23(33)31(9-10-32(20)29-19)13-21-28-22(30-35-21)16-5-7-18(8-6-16)34-24(25,26)27/h3-12H,13H2,1-2H3. The van der Waals surface area contributed by atoms with Gasteiger partial charge in [-0.2, -0.15) is 10.1 Å². The summed E-state index contributed by atoms with van der Waals surface area (Å²) in [5.74, 6) is -0.0178. The van der Waals surface area contributed by atoms with Crippen molar-refractivity contribution in [1.82, 2.24) is 24.3 Å². The number of ether oxygens (including phenoxy) is 1. The lowest BCUT2D eigenvalue weighted by molar-refractivity contribution is -0.274. The van der Waals surface area contributed by atoms with E-state index in [1.165, 1.54) is 26.8 Å². The number of fused-ring (bicyclic) bond motifs is 1. The van der Waals surface area contributed by atoms with Gasteiger partial charge in [-0.05, 0) is 61.4 Å². The molecule has 0 unspecified atom stereocenters. The fourth-order valence-corrected chi connectivity index (χ4v) is 3.58. The first-order chi connectivity index (χ1) is 16.7. The molecule has 2 aromatic carbocycles. The number of aryl methyl sites for hydroxylation is 2. The molecule has 0 bridgehead atoms. The number of halogens is 3. The van der Waals surface area contributed by atoms with Crippen molar-refractivity contribution in [3.63, 3.8) is 0 Å². The minimum absolute atomic E-state index is 0.0156. The third-order valence-corrected chi connectivity index (χ3v) is 5.53. The highest BCUT2D eigenvalue weighted by atomic mass is 19.4. The lowest BCUT2D eigenvalue weighted by Gasteiger charge is -2.08. The average molecular weight is 481 g/mol. The van der Waals surface area contributed by atoms with E-state index in [9.17, 15) is 18.0 Å². The summed E-state index contributed by atoms with van der Waals surface area (Å²) in [6, 6.07) is 12.8. The zero-order chi connectivity index (χ0) is 24.7. The fourth-order valence-electron chi connectivity index (χ4n) is 3.58. The average Bonchev–Trinajstić information content (AvgIpc) is 3.45. The van der Waals surface area contributed by atoms with Crippen molar-refractivity contribution in [2.75, 3.05) is 0 Å². The Morgan fingerprint density at radius 3 is 2.43 bits per heavy atom. The van der Waals surface area contributed by atoms with Gasteiger partial charge in [-0.1, -0.05) is 17.3 Å². The van der Waals surface area contributed by atoms with Crippen LogP contribution in [0.25, 0.3) is 28.2 Å². The van der Waals surface area contributed by atoms with Gasteiger partial charge in [-0.3, -0.25) is 4.79 Å². The Balaban J connectivity index is 1.38. The third-order valence-electron chi connectivity index (χ3n) is 5.53. The van der Waals surface area contributed by atoms with E-state index in [0.717, 1.165) is 23.3 Å². The summed E-state index contributed by atoms with van der Waals surface area (Å²) in [4.78, 5) is 17.3. The van der Waals surface area contributed by atoms with Gasteiger partial charge in [0.1, 0.15) is 17.8 Å². The first kappa shape index (κ1) is 22.4. The maximum Gasteiger partial charge on any atom is 0.573 e. The van der Waals surface area contributed by atoms with Crippen molar-refractivity contribution in [1.29, 1.82) is 0 Å². The summed E-state index contributed by atoms with van der Waals surface area (Å²) < 4.78 is 49.0. The van der Waals surface area contributed by atoms with Gasteiger partial charge in [0.15, 0.2) is 0 Å². The monoisotopic (exact) mass is 481 g/mol. The lowest BCUT2D eigenvalue weighted by atomic mass is 10.0. The van der Waals surface area contributed by atoms with Crippen molar-refractivity contribution in [3.8, 4) is 28.4 Å². The van der Waals surface area contributed by atoms with Gasteiger partial charge < -0.3 is 13.8 Å². The zero-order valence-corrected chi connectivity index (χ0v) is 18.6. The second-order valence-corrected chi connectivity index (χ2v) is 7.97. The number of hydrogen-bond donors (Lipinski definition) is 0. The Bertz CT molecular complexity index is 1580. The summed E-state index contributed by atoms with van der Waals surface area (Å²) in [7, 11) is 0. The summed E-state index contributed by atoms with van der Waals surface area (Å²) in [5, 5.41) is 8.36. The van der Waals surface area contributed by atoms with Crippen LogP contribution in [0.15, 0.2) is 70.2 Å². The van der Waals surface area contributed by atoms with Crippen LogP contribution in [0.4, 0.5) is 13.2 Å². The largest absolute Gasteiger partial charge is 0.573 e. The van der Waals surface area contributed by atoms with Gasteiger partial charge in [-0.25, -0.2) is 4.52 Å². The molecular formula is C24H18F3N5O3. The molecule has 0 amide bonds. The predicted molar refractivity (Wildman–Crippen MR) is 120 cm³/mol. The second-order valence-electron chi connectivity index (χ2n) is 7.97. The molecule has 0 saturated heterocycles. The molecule has 178 valence electrons. The maximum atomic E-state index is 13.0. The molecular weight excluding hydrogens is 463 g/mol. The van der Waals surface area contributed by atoms with Crippen LogP contribution in [-0.2, 0) is 6.54 Å². The first-order valence-corrected chi connectivity index (χ1v) is 10.5. The number of nitrogens with zero attached hydrogens (tertiary/aromatic N) is 5. The molecule has 0 aliphatic rings. The van der Waals surface area contributed by atoms with Crippen LogP contribution in [0, 0.1) is 13.8 Å². The minimum Gasteiger partial charge on any atom is -0.406 e. The minimum atomic E-state index is -4.77. The van der Waals surface area contributed by atoms with Crippen LogP contribution in [0.1, 0.15) is 17.0 Å². The van der Waals surface area contributed by atoms with Gasteiger partial charge >= 0.3 is 6.36 Å². The summed E-state index contributed by atoms with van der Waals surface area (Å²) in [6.45, 7) is 4.06. The third kappa shape index (κ3) is 4.65. The highest BCUT2D eigenvalue weighted by Gasteiger charge is 2.31. The molecule has 0 aliphatic carbocycles. The number of rotatable bonds is 5. The topological polar surface area (TPSA) is 87.5 Å². The Morgan fingerprint density at radius 2 is 1.71 bits per heavy atom. The Labute approximate surface area is 196 Å². The number of alkyl halides is 3. The molecule has 5 aromatic rings. The van der Waals surface area contributed by atoms with E-state index >= 15 is 0 Å². The Morgan fingerprint density at radius 1 is 0.971 bits per heavy atom. The molecule has 5 rings (SSSR count). The smallest absolute Gasteiger partial charge is 0.406 e. The summed E-state index contributed by atoms with van der Waals surface area (Å²) in [6.07, 6.45) is -1.54. The van der Waals surface area contributed by atoms with E-state index in [2.05, 4.69) is 20.0 Å². The van der Waals surface area contributed by atoms with Crippen molar-refractivity contribution < 1.29 is 22.4 Å². The SMILES string of the molecule is Cc1ccc(-c2cc3c(=O)n(Cc4nc(-c5ccc(OC(F)(F)F)cc5)no4)ccn3n2)cc1C. The van der Waals surface area contributed by atoms with Crippen molar-refractivity contribution in [2.24, 2.45) is 0 Å². The van der Waals surface area contributed by atoms with Gasteiger partial charge in [0.05, 0.1) is 5.69 Å². The quantitative estimate of drug-likeness (QED) is 0.359. The van der Waals surface area contributed by atoms with Crippen LogP contribution in [0.2, 0.25) is 0 Å². The molecule has 0 aliphatic heterocycles. The van der Waals surface area contributed by atoms with Crippen molar-refractivity contribution >= 4 is 5.52 Å². The molecule has 0 fully saturated rings. The molecule has 8 nitrogen and oxygen atoms in total. The summed E-state index contributed by atoms with van der Waals surface area (Å²) >= 11 is 0. The zero-order valence-electron chi connectivity index (χ0n) is 18.6. The maximum absolute atomic E-state index is 13.0. The number of hydrogen-bond acceptors (Lipinski definition) is 6. The van der Waals surface area contributed by atoms with E-state index in [1.54, 1.807) is 18.5 Å². The lowest BCUT2D eigenvalue weighted by Crippen LogP contribution is -2.21. The number of benzene rings is 2. The molecule has 0 atom stereocenters. The highest BCUT2D eigenvalue weighted by molar-refractivity contribution is 5.66. The Hall–Kier alpha value is -4.41. The fraction of sp³-hybridized carbons (Fsp3) is 0.167. The molecule has 0 radical (unpaired) electrons. The van der Waals surface area contributed by atoms with Gasteiger partial charge in [0.2, 0.25) is 11.7 Å². The van der Waals surface area contributed by atoms with Crippen LogP contribution in [-0.4, -0.2) is 30.7 Å². The van der Waals surface area contributed by atoms with Gasteiger partial charge in [-0.15, -0.1) is 13.2 Å². The van der Waals surface area contributed by atoms with E-state index < -0.39 is 6.36 Å². The van der Waals surface area contributed by atoms with Crippen LogP contribution in [0.5, 0.6) is 5.75 Å². The molecule has 3 aromatic heterocycles. The number of aromatic nitrogens is 5. The summed E-state index contributed by atoms with van der Waals surface area (Å²) in [5.41, 5.74) is 4.43. The van der Waals surface area contributed by atoms with E-state index in [0.29, 0.717) is 16.8 Å². The van der Waals surface area contributed by atoms with Crippen LogP contribution >= 0.6 is 0 Å². The first-order valence-electron chi connectivity index (χ1n) is 10.5. The predicted octanol–water partition coefficient (Wildman–Crippen LogP) is 4.78. The second kappa shape index (κ2) is 8.42. The van der Waals surface area contributed by atoms with Crippen molar-refractivity contribution in [2.45, 2.75) is 26.8 Å². The van der Waals surface area contributed by atoms with Crippen molar-refractivity contribution in [3.05, 3.63) is 88.3 Å².